The minimum Gasteiger partial charge on any atom is -0.497 e. The van der Waals surface area contributed by atoms with Gasteiger partial charge in [-0.1, -0.05) is 48.5 Å². The summed E-state index contributed by atoms with van der Waals surface area (Å²) < 4.78 is 12.2. The second kappa shape index (κ2) is 6.72. The van der Waals surface area contributed by atoms with Crippen LogP contribution in [0.2, 0.25) is 0 Å². The third kappa shape index (κ3) is 2.91. The lowest BCUT2D eigenvalue weighted by molar-refractivity contribution is 0.203. The molecule has 0 saturated heterocycles. The molecular weight excluding hydrogens is 328 g/mol. The topological polar surface area (TPSA) is 53.4 Å². The lowest BCUT2D eigenvalue weighted by Crippen LogP contribution is -2.17. The maximum Gasteiger partial charge on any atom is 0.425 e. The number of rotatable bonds is 3. The summed E-state index contributed by atoms with van der Waals surface area (Å²) in [5.74, 6) is 1.57. The molecule has 0 fully saturated rings. The van der Waals surface area contributed by atoms with Crippen molar-refractivity contribution >= 4 is 17.1 Å². The maximum absolute atomic E-state index is 12.9. The molecule has 0 atom stereocenters. The first kappa shape index (κ1) is 15.9. The number of carbonyl (C=O) groups excluding carboxylic acids is 1. The number of benzene rings is 3. The van der Waals surface area contributed by atoms with Gasteiger partial charge in [-0.05, 0) is 24.3 Å². The summed E-state index contributed by atoms with van der Waals surface area (Å²) in [6.45, 7) is 0. The first-order valence-corrected chi connectivity index (χ1v) is 8.15. The molecule has 4 aromatic rings. The van der Waals surface area contributed by atoms with Crippen LogP contribution in [0, 0.1) is 0 Å². The van der Waals surface area contributed by atoms with Gasteiger partial charge in [-0.2, -0.15) is 0 Å². The van der Waals surface area contributed by atoms with Crippen LogP contribution in [0.1, 0.15) is 0 Å². The van der Waals surface area contributed by atoms with Crippen LogP contribution in [0.25, 0.3) is 22.4 Å². The minimum absolute atomic E-state index is 0.408. The van der Waals surface area contributed by atoms with Crippen molar-refractivity contribution in [1.82, 2.24) is 9.55 Å². The summed E-state index contributed by atoms with van der Waals surface area (Å²) in [4.78, 5) is 17.6. The number of hydrogen-bond donors (Lipinski definition) is 0. The Balaban J connectivity index is 1.80. The van der Waals surface area contributed by atoms with Crippen LogP contribution in [-0.4, -0.2) is 22.8 Å². The maximum atomic E-state index is 12.9. The number of ether oxygens (including phenoxy) is 2. The second-order valence-electron chi connectivity index (χ2n) is 5.67. The van der Waals surface area contributed by atoms with Gasteiger partial charge in [-0.3, -0.25) is 0 Å². The Labute approximate surface area is 150 Å². The number of nitrogens with zero attached hydrogens (tertiary/aromatic N) is 2. The number of hydrogen-bond acceptors (Lipinski definition) is 4. The molecule has 5 heteroatoms. The zero-order valence-corrected chi connectivity index (χ0v) is 14.1. The monoisotopic (exact) mass is 344 g/mol. The fourth-order valence-corrected chi connectivity index (χ4v) is 2.80. The molecule has 5 nitrogen and oxygen atoms in total. The molecule has 1 heterocycles. The van der Waals surface area contributed by atoms with Crippen molar-refractivity contribution in [3.63, 3.8) is 0 Å². The summed E-state index contributed by atoms with van der Waals surface area (Å²) in [5.41, 5.74) is 2.26. The van der Waals surface area contributed by atoms with Crippen LogP contribution < -0.4 is 9.47 Å². The molecule has 26 heavy (non-hydrogen) atoms. The van der Waals surface area contributed by atoms with Crippen molar-refractivity contribution in [3.8, 4) is 22.9 Å². The van der Waals surface area contributed by atoms with Gasteiger partial charge in [0.25, 0.3) is 0 Å². The largest absolute Gasteiger partial charge is 0.497 e. The highest BCUT2D eigenvalue weighted by Gasteiger charge is 2.19. The highest BCUT2D eigenvalue weighted by atomic mass is 16.6. The van der Waals surface area contributed by atoms with Crippen LogP contribution in [0.4, 0.5) is 4.79 Å². The molecule has 0 N–H and O–H groups in total. The van der Waals surface area contributed by atoms with Crippen molar-refractivity contribution < 1.29 is 14.3 Å². The zero-order valence-electron chi connectivity index (χ0n) is 14.1. The molecule has 0 aliphatic carbocycles. The average molecular weight is 344 g/mol. The molecule has 0 spiro atoms. The van der Waals surface area contributed by atoms with E-state index < -0.39 is 6.09 Å². The highest BCUT2D eigenvalue weighted by Crippen LogP contribution is 2.26. The molecule has 0 radical (unpaired) electrons. The third-order valence-electron chi connectivity index (χ3n) is 4.02. The Kier molecular flexibility index (Phi) is 4.11. The van der Waals surface area contributed by atoms with Gasteiger partial charge in [0, 0.05) is 11.6 Å². The van der Waals surface area contributed by atoms with Gasteiger partial charge in [-0.25, -0.2) is 14.3 Å². The molecule has 0 unspecified atom stereocenters. The van der Waals surface area contributed by atoms with E-state index >= 15 is 0 Å². The summed E-state index contributed by atoms with van der Waals surface area (Å²) in [7, 11) is 1.57. The number of carbonyl (C=O) groups is 1. The first-order chi connectivity index (χ1) is 12.8. The smallest absolute Gasteiger partial charge is 0.425 e. The minimum atomic E-state index is -0.522. The summed E-state index contributed by atoms with van der Waals surface area (Å²) in [6.07, 6.45) is -0.522. The SMILES string of the molecule is COc1cccc(OC(=O)n2c(-c3ccccc3)nc3ccccc32)c1. The number of methoxy groups -OCH3 is 1. The van der Waals surface area contributed by atoms with Crippen LogP contribution in [0.5, 0.6) is 11.5 Å². The van der Waals surface area contributed by atoms with E-state index in [0.29, 0.717) is 22.8 Å². The van der Waals surface area contributed by atoms with E-state index in [-0.39, 0.29) is 0 Å². The molecule has 0 aliphatic heterocycles. The van der Waals surface area contributed by atoms with Gasteiger partial charge >= 0.3 is 6.09 Å². The Bertz CT molecular complexity index is 1070. The predicted molar refractivity (Wildman–Crippen MR) is 99.6 cm³/mol. The Morgan fingerprint density at radius 2 is 1.62 bits per heavy atom. The van der Waals surface area contributed by atoms with E-state index in [0.717, 1.165) is 11.1 Å². The molecule has 0 aliphatic rings. The summed E-state index contributed by atoms with van der Waals surface area (Å²) in [6, 6.07) is 24.0. The van der Waals surface area contributed by atoms with E-state index in [1.54, 1.807) is 31.4 Å². The second-order valence-corrected chi connectivity index (χ2v) is 5.67. The normalized spacial score (nSPS) is 10.7. The quantitative estimate of drug-likeness (QED) is 0.538. The van der Waals surface area contributed by atoms with Gasteiger partial charge in [0.05, 0.1) is 18.1 Å². The van der Waals surface area contributed by atoms with Gasteiger partial charge in [0.15, 0.2) is 5.82 Å². The van der Waals surface area contributed by atoms with E-state index in [2.05, 4.69) is 4.98 Å². The zero-order chi connectivity index (χ0) is 17.9. The van der Waals surface area contributed by atoms with Crippen LogP contribution in [0.15, 0.2) is 78.9 Å². The molecular formula is C21H16N2O3. The lowest BCUT2D eigenvalue weighted by Gasteiger charge is -2.09. The van der Waals surface area contributed by atoms with Crippen molar-refractivity contribution in [3.05, 3.63) is 78.9 Å². The Morgan fingerprint density at radius 3 is 2.42 bits per heavy atom. The van der Waals surface area contributed by atoms with Gasteiger partial charge in [0.2, 0.25) is 0 Å². The fraction of sp³-hybridized carbons (Fsp3) is 0.0476. The number of imidazole rings is 1. The van der Waals surface area contributed by atoms with E-state index in [1.165, 1.54) is 4.57 Å². The van der Waals surface area contributed by atoms with Gasteiger partial charge in [0.1, 0.15) is 11.5 Å². The molecule has 4 rings (SSSR count). The van der Waals surface area contributed by atoms with Crippen LogP contribution in [-0.2, 0) is 0 Å². The lowest BCUT2D eigenvalue weighted by atomic mass is 10.2. The fourth-order valence-electron chi connectivity index (χ4n) is 2.80. The van der Waals surface area contributed by atoms with Gasteiger partial charge < -0.3 is 9.47 Å². The first-order valence-electron chi connectivity index (χ1n) is 8.15. The van der Waals surface area contributed by atoms with Crippen molar-refractivity contribution in [2.24, 2.45) is 0 Å². The number of para-hydroxylation sites is 2. The number of aromatic nitrogens is 2. The van der Waals surface area contributed by atoms with Crippen molar-refractivity contribution in [2.45, 2.75) is 0 Å². The molecule has 0 amide bonds. The molecule has 0 bridgehead atoms. The van der Waals surface area contributed by atoms with Gasteiger partial charge in [-0.15, -0.1) is 0 Å². The van der Waals surface area contributed by atoms with Crippen LogP contribution in [0.3, 0.4) is 0 Å². The standard InChI is InChI=1S/C21H16N2O3/c1-25-16-10-7-11-17(14-16)26-21(24)23-19-13-6-5-12-18(19)22-20(23)15-8-3-2-4-9-15/h2-14H,1H3. The molecule has 1 aromatic heterocycles. The van der Waals surface area contributed by atoms with Crippen LogP contribution >= 0.6 is 0 Å². The number of fused-ring (bicyclic) bond motifs is 1. The van der Waals surface area contributed by atoms with Crippen molar-refractivity contribution in [2.75, 3.05) is 7.11 Å². The molecule has 0 saturated carbocycles. The Hall–Kier alpha value is -3.60. The molecule has 128 valence electrons. The van der Waals surface area contributed by atoms with E-state index in [1.807, 2.05) is 54.6 Å². The Morgan fingerprint density at radius 1 is 0.885 bits per heavy atom. The third-order valence-corrected chi connectivity index (χ3v) is 4.02. The van der Waals surface area contributed by atoms with E-state index in [4.69, 9.17) is 9.47 Å². The predicted octanol–water partition coefficient (Wildman–Crippen LogP) is 4.76. The average Bonchev–Trinajstić information content (AvgIpc) is 3.08. The van der Waals surface area contributed by atoms with Crippen molar-refractivity contribution in [1.29, 1.82) is 0 Å². The molecule has 3 aromatic carbocycles. The summed E-state index contributed by atoms with van der Waals surface area (Å²) in [5, 5.41) is 0. The highest BCUT2D eigenvalue weighted by molar-refractivity contribution is 5.92. The summed E-state index contributed by atoms with van der Waals surface area (Å²) >= 11 is 0. The van der Waals surface area contributed by atoms with E-state index in [9.17, 15) is 4.79 Å².